The molecule has 29 heavy (non-hydrogen) atoms. The normalized spacial score (nSPS) is 18.9. The predicted octanol–water partition coefficient (Wildman–Crippen LogP) is 1.08. The van der Waals surface area contributed by atoms with Crippen LogP contribution in [0.3, 0.4) is 0 Å². The van der Waals surface area contributed by atoms with Crippen LogP contribution in [-0.4, -0.2) is 66.7 Å². The van der Waals surface area contributed by atoms with Crippen molar-refractivity contribution in [3.8, 4) is 0 Å². The Morgan fingerprint density at radius 1 is 1.21 bits per heavy atom. The molecule has 2 aliphatic heterocycles. The fraction of sp³-hybridized carbons (Fsp3) is 0.381. The zero-order valence-corrected chi connectivity index (χ0v) is 16.6. The third-order valence-corrected chi connectivity index (χ3v) is 4.88. The number of aliphatic hydroxyl groups is 1. The van der Waals surface area contributed by atoms with Crippen molar-refractivity contribution in [2.24, 2.45) is 0 Å². The maximum Gasteiger partial charge on any atom is 0.261 e. The average molecular weight is 399 g/mol. The number of nitrogens with zero attached hydrogens (tertiary/aromatic N) is 2. The van der Waals surface area contributed by atoms with E-state index in [2.05, 4.69) is 5.32 Å². The van der Waals surface area contributed by atoms with E-state index in [1.807, 2.05) is 24.3 Å². The maximum absolute atomic E-state index is 12.4. The summed E-state index contributed by atoms with van der Waals surface area (Å²) in [7, 11) is 0. The SMILES string of the molecule is CC=CC1=C(C)C(=O)N(CC(O)CNc2ccc(N3CCOCC3=O)cc2)C1=O. The molecule has 8 nitrogen and oxygen atoms in total. The fourth-order valence-corrected chi connectivity index (χ4v) is 3.31. The number of carbonyl (C=O) groups is 3. The lowest BCUT2D eigenvalue weighted by Gasteiger charge is -2.27. The molecule has 1 unspecified atom stereocenters. The summed E-state index contributed by atoms with van der Waals surface area (Å²) >= 11 is 0. The number of β-amino-alcohol motifs (C(OH)–C–C–N with tert-alkyl or cyclic N) is 1. The molecule has 1 fully saturated rings. The summed E-state index contributed by atoms with van der Waals surface area (Å²) in [5.74, 6) is -0.834. The van der Waals surface area contributed by atoms with Gasteiger partial charge in [0.15, 0.2) is 0 Å². The van der Waals surface area contributed by atoms with Gasteiger partial charge in [-0.3, -0.25) is 19.3 Å². The Morgan fingerprint density at radius 3 is 2.59 bits per heavy atom. The van der Waals surface area contributed by atoms with Crippen molar-refractivity contribution < 1.29 is 24.2 Å². The number of carbonyl (C=O) groups excluding carboxylic acids is 3. The Kier molecular flexibility index (Phi) is 6.46. The van der Waals surface area contributed by atoms with E-state index < -0.39 is 6.10 Å². The van der Waals surface area contributed by atoms with Crippen molar-refractivity contribution in [1.29, 1.82) is 0 Å². The molecule has 0 aliphatic carbocycles. The van der Waals surface area contributed by atoms with Crippen LogP contribution in [0.25, 0.3) is 0 Å². The van der Waals surface area contributed by atoms with Gasteiger partial charge in [-0.2, -0.15) is 0 Å². The molecule has 8 heteroatoms. The first kappa shape index (κ1) is 20.8. The van der Waals surface area contributed by atoms with Gasteiger partial charge in [0, 0.05) is 35.6 Å². The Balaban J connectivity index is 1.53. The average Bonchev–Trinajstić information content (AvgIpc) is 2.92. The molecule has 154 valence electrons. The Morgan fingerprint density at radius 2 is 1.93 bits per heavy atom. The third kappa shape index (κ3) is 4.55. The van der Waals surface area contributed by atoms with Gasteiger partial charge in [0.1, 0.15) is 6.61 Å². The van der Waals surface area contributed by atoms with Gasteiger partial charge in [-0.1, -0.05) is 12.2 Å². The van der Waals surface area contributed by atoms with E-state index in [1.54, 1.807) is 30.9 Å². The number of hydrogen-bond donors (Lipinski definition) is 2. The highest BCUT2D eigenvalue weighted by Gasteiger charge is 2.35. The minimum Gasteiger partial charge on any atom is -0.389 e. The largest absolute Gasteiger partial charge is 0.389 e. The Bertz CT molecular complexity index is 860. The van der Waals surface area contributed by atoms with Crippen molar-refractivity contribution in [3.63, 3.8) is 0 Å². The number of anilines is 2. The monoisotopic (exact) mass is 399 g/mol. The molecule has 0 aromatic heterocycles. The molecule has 2 N–H and O–H groups in total. The Labute approximate surface area is 169 Å². The second-order valence-corrected chi connectivity index (χ2v) is 6.94. The van der Waals surface area contributed by atoms with E-state index in [0.717, 1.165) is 16.3 Å². The molecule has 1 aromatic rings. The van der Waals surface area contributed by atoms with Gasteiger partial charge >= 0.3 is 0 Å². The van der Waals surface area contributed by atoms with Gasteiger partial charge < -0.3 is 20.1 Å². The van der Waals surface area contributed by atoms with E-state index in [0.29, 0.717) is 24.3 Å². The number of nitrogens with one attached hydrogen (secondary N) is 1. The van der Waals surface area contributed by atoms with Crippen LogP contribution < -0.4 is 10.2 Å². The zero-order chi connectivity index (χ0) is 21.0. The van der Waals surface area contributed by atoms with Crippen LogP contribution in [0.5, 0.6) is 0 Å². The Hall–Kier alpha value is -2.97. The van der Waals surface area contributed by atoms with Crippen molar-refractivity contribution in [1.82, 2.24) is 4.90 Å². The molecule has 3 rings (SSSR count). The smallest absolute Gasteiger partial charge is 0.261 e. The number of morpholine rings is 1. The van der Waals surface area contributed by atoms with Crippen LogP contribution >= 0.6 is 0 Å². The lowest BCUT2D eigenvalue weighted by molar-refractivity contribution is -0.139. The highest BCUT2D eigenvalue weighted by Crippen LogP contribution is 2.22. The topological polar surface area (TPSA) is 99.2 Å². The number of amides is 3. The fourth-order valence-electron chi connectivity index (χ4n) is 3.31. The number of imide groups is 1. The van der Waals surface area contributed by atoms with E-state index >= 15 is 0 Å². The van der Waals surface area contributed by atoms with Crippen molar-refractivity contribution >= 4 is 29.1 Å². The summed E-state index contributed by atoms with van der Waals surface area (Å²) < 4.78 is 5.13. The molecule has 0 saturated carbocycles. The molecule has 2 aliphatic rings. The molecule has 3 amide bonds. The lowest BCUT2D eigenvalue weighted by Crippen LogP contribution is -2.41. The minimum absolute atomic E-state index is 0.0754. The zero-order valence-electron chi connectivity index (χ0n) is 16.6. The number of allylic oxidation sites excluding steroid dienone is 1. The first-order valence-electron chi connectivity index (χ1n) is 9.52. The quantitative estimate of drug-likeness (QED) is 0.666. The van der Waals surface area contributed by atoms with Crippen molar-refractivity contribution in [2.75, 3.05) is 43.1 Å². The molecule has 0 spiro atoms. The van der Waals surface area contributed by atoms with Gasteiger partial charge in [-0.05, 0) is 38.1 Å². The first-order valence-corrected chi connectivity index (χ1v) is 9.52. The van der Waals surface area contributed by atoms with Gasteiger partial charge in [0.2, 0.25) is 0 Å². The van der Waals surface area contributed by atoms with E-state index in [1.165, 1.54) is 0 Å². The molecule has 1 atom stereocenters. The second-order valence-electron chi connectivity index (χ2n) is 6.94. The van der Waals surface area contributed by atoms with Gasteiger partial charge in [0.05, 0.1) is 19.3 Å². The van der Waals surface area contributed by atoms with Crippen LogP contribution in [0.2, 0.25) is 0 Å². The first-order chi connectivity index (χ1) is 13.9. The van der Waals surface area contributed by atoms with Crippen LogP contribution in [0.15, 0.2) is 47.6 Å². The van der Waals surface area contributed by atoms with Crippen LogP contribution in [0, 0.1) is 0 Å². The molecule has 1 saturated heterocycles. The summed E-state index contributed by atoms with van der Waals surface area (Å²) in [5, 5.41) is 13.4. The number of ether oxygens (including phenoxy) is 1. The van der Waals surface area contributed by atoms with E-state index in [9.17, 15) is 19.5 Å². The van der Waals surface area contributed by atoms with Crippen LogP contribution in [0.4, 0.5) is 11.4 Å². The number of hydrogen-bond acceptors (Lipinski definition) is 6. The maximum atomic E-state index is 12.4. The minimum atomic E-state index is -0.916. The predicted molar refractivity (Wildman–Crippen MR) is 108 cm³/mol. The summed E-state index contributed by atoms with van der Waals surface area (Å²) in [5.41, 5.74) is 2.31. The molecule has 0 bridgehead atoms. The van der Waals surface area contributed by atoms with E-state index in [4.69, 9.17) is 4.74 Å². The van der Waals surface area contributed by atoms with Crippen molar-refractivity contribution in [2.45, 2.75) is 20.0 Å². The second kappa shape index (κ2) is 9.02. The summed E-state index contributed by atoms with van der Waals surface area (Å²) in [6, 6.07) is 7.27. The summed E-state index contributed by atoms with van der Waals surface area (Å²) in [6.07, 6.45) is 2.40. The van der Waals surface area contributed by atoms with E-state index in [-0.39, 0.29) is 37.4 Å². The van der Waals surface area contributed by atoms with Gasteiger partial charge in [-0.25, -0.2) is 0 Å². The molecule has 1 aromatic carbocycles. The highest BCUT2D eigenvalue weighted by molar-refractivity contribution is 6.20. The van der Waals surface area contributed by atoms with Crippen LogP contribution in [0.1, 0.15) is 13.8 Å². The standard InChI is InChI=1S/C21H25N3O5/c1-3-4-18-14(2)20(27)24(21(18)28)12-17(25)11-22-15-5-7-16(8-6-15)23-9-10-29-13-19(23)26/h3-8,17,22,25H,9-13H2,1-2H3. The van der Waals surface area contributed by atoms with Crippen LogP contribution in [-0.2, 0) is 19.1 Å². The number of aliphatic hydroxyl groups excluding tert-OH is 1. The molecule has 2 heterocycles. The molecular weight excluding hydrogens is 374 g/mol. The number of benzene rings is 1. The summed E-state index contributed by atoms with van der Waals surface area (Å²) in [6.45, 7) is 4.60. The number of rotatable bonds is 7. The highest BCUT2D eigenvalue weighted by atomic mass is 16.5. The molecular formula is C21H25N3O5. The van der Waals surface area contributed by atoms with Gasteiger partial charge in [-0.15, -0.1) is 0 Å². The lowest BCUT2D eigenvalue weighted by atomic mass is 10.1. The summed E-state index contributed by atoms with van der Waals surface area (Å²) in [4.78, 5) is 39.3. The third-order valence-electron chi connectivity index (χ3n) is 4.88. The van der Waals surface area contributed by atoms with Crippen molar-refractivity contribution in [3.05, 3.63) is 47.6 Å². The molecule has 0 radical (unpaired) electrons. The van der Waals surface area contributed by atoms with Gasteiger partial charge in [0.25, 0.3) is 17.7 Å².